The molecule has 0 N–H and O–H groups in total. The zero-order valence-corrected chi connectivity index (χ0v) is 10.7. The molecular formula is C13H18ClN3. The summed E-state index contributed by atoms with van der Waals surface area (Å²) in [6.07, 6.45) is 4.72. The van der Waals surface area contributed by atoms with Crippen LogP contribution in [0.1, 0.15) is 18.4 Å². The number of pyridine rings is 1. The van der Waals surface area contributed by atoms with Gasteiger partial charge in [0, 0.05) is 45.0 Å². The lowest BCUT2D eigenvalue weighted by atomic mass is 10.2. The van der Waals surface area contributed by atoms with Crippen LogP contribution in [-0.4, -0.2) is 47.0 Å². The van der Waals surface area contributed by atoms with Crippen LogP contribution in [0.2, 0.25) is 5.15 Å². The van der Waals surface area contributed by atoms with Crippen LogP contribution in [0.5, 0.6) is 0 Å². The minimum Gasteiger partial charge on any atom is -0.298 e. The SMILES string of the molecule is Clc1ccc(CN2CCN(C3CC3)CC2)cn1. The van der Waals surface area contributed by atoms with Crippen LogP contribution in [0.3, 0.4) is 0 Å². The lowest BCUT2D eigenvalue weighted by Crippen LogP contribution is -2.46. The smallest absolute Gasteiger partial charge is 0.129 e. The fraction of sp³-hybridized carbons (Fsp3) is 0.615. The summed E-state index contributed by atoms with van der Waals surface area (Å²) < 4.78 is 0. The van der Waals surface area contributed by atoms with Gasteiger partial charge in [-0.1, -0.05) is 17.7 Å². The molecule has 2 fully saturated rings. The molecule has 17 heavy (non-hydrogen) atoms. The van der Waals surface area contributed by atoms with Crippen LogP contribution in [0.25, 0.3) is 0 Å². The highest BCUT2D eigenvalue weighted by atomic mass is 35.5. The molecule has 2 heterocycles. The van der Waals surface area contributed by atoms with Gasteiger partial charge in [0.15, 0.2) is 0 Å². The highest BCUT2D eigenvalue weighted by molar-refractivity contribution is 6.29. The summed E-state index contributed by atoms with van der Waals surface area (Å²) in [5.74, 6) is 0. The molecule has 1 saturated carbocycles. The molecule has 3 rings (SSSR count). The third-order valence-corrected chi connectivity index (χ3v) is 3.89. The molecule has 3 nitrogen and oxygen atoms in total. The second-order valence-corrected chi connectivity index (χ2v) is 5.42. The first-order chi connectivity index (χ1) is 8.31. The van der Waals surface area contributed by atoms with Gasteiger partial charge in [-0.3, -0.25) is 9.80 Å². The normalized spacial score (nSPS) is 22.9. The minimum atomic E-state index is 0.576. The number of rotatable bonds is 3. The summed E-state index contributed by atoms with van der Waals surface area (Å²) in [5.41, 5.74) is 1.26. The second-order valence-electron chi connectivity index (χ2n) is 5.03. The van der Waals surface area contributed by atoms with Gasteiger partial charge in [-0.15, -0.1) is 0 Å². The van der Waals surface area contributed by atoms with Gasteiger partial charge < -0.3 is 0 Å². The highest BCUT2D eigenvalue weighted by Crippen LogP contribution is 2.27. The van der Waals surface area contributed by atoms with Crippen molar-refractivity contribution in [1.82, 2.24) is 14.8 Å². The predicted molar refractivity (Wildman–Crippen MR) is 69.1 cm³/mol. The average Bonchev–Trinajstić information content (AvgIpc) is 3.17. The summed E-state index contributed by atoms with van der Waals surface area (Å²) in [4.78, 5) is 9.27. The van der Waals surface area contributed by atoms with E-state index in [1.807, 2.05) is 12.3 Å². The molecule has 1 aliphatic carbocycles. The molecule has 92 valence electrons. The Bertz CT molecular complexity index is 367. The number of hydrogen-bond acceptors (Lipinski definition) is 3. The Balaban J connectivity index is 1.51. The van der Waals surface area contributed by atoms with Gasteiger partial charge in [-0.25, -0.2) is 4.98 Å². The van der Waals surface area contributed by atoms with Crippen LogP contribution < -0.4 is 0 Å². The van der Waals surface area contributed by atoms with Crippen molar-refractivity contribution in [2.24, 2.45) is 0 Å². The van der Waals surface area contributed by atoms with E-state index in [0.717, 1.165) is 12.6 Å². The number of halogens is 1. The van der Waals surface area contributed by atoms with E-state index in [-0.39, 0.29) is 0 Å². The van der Waals surface area contributed by atoms with Crippen molar-refractivity contribution in [3.05, 3.63) is 29.0 Å². The van der Waals surface area contributed by atoms with Crippen LogP contribution >= 0.6 is 11.6 Å². The molecule has 0 spiro atoms. The van der Waals surface area contributed by atoms with E-state index < -0.39 is 0 Å². The van der Waals surface area contributed by atoms with Crippen molar-refractivity contribution < 1.29 is 0 Å². The van der Waals surface area contributed by atoms with E-state index in [0.29, 0.717) is 5.15 Å². The van der Waals surface area contributed by atoms with E-state index in [4.69, 9.17) is 11.6 Å². The predicted octanol–water partition coefficient (Wildman–Crippen LogP) is 2.01. The van der Waals surface area contributed by atoms with Crippen LogP contribution in [0.15, 0.2) is 18.3 Å². The lowest BCUT2D eigenvalue weighted by Gasteiger charge is -2.34. The first-order valence-electron chi connectivity index (χ1n) is 6.38. The maximum absolute atomic E-state index is 5.78. The fourth-order valence-electron chi connectivity index (χ4n) is 2.48. The standard InChI is InChI=1S/C13H18ClN3/c14-13-4-1-11(9-15-13)10-16-5-7-17(8-6-16)12-2-3-12/h1,4,9,12H,2-3,5-8,10H2. The number of aromatic nitrogens is 1. The summed E-state index contributed by atoms with van der Waals surface area (Å²) in [6.45, 7) is 5.82. The molecule has 2 aliphatic rings. The quantitative estimate of drug-likeness (QED) is 0.767. The number of piperazine rings is 1. The molecule has 4 heteroatoms. The molecular weight excluding hydrogens is 234 g/mol. The zero-order valence-electron chi connectivity index (χ0n) is 9.98. The first-order valence-corrected chi connectivity index (χ1v) is 6.76. The molecule has 0 bridgehead atoms. The molecule has 0 radical (unpaired) electrons. The van der Waals surface area contributed by atoms with Gasteiger partial charge in [-0.05, 0) is 24.5 Å². The van der Waals surface area contributed by atoms with Gasteiger partial charge in [0.05, 0.1) is 0 Å². The van der Waals surface area contributed by atoms with Gasteiger partial charge in [0.1, 0.15) is 5.15 Å². The Morgan fingerprint density at radius 1 is 1.18 bits per heavy atom. The van der Waals surface area contributed by atoms with Crippen LogP contribution in [0.4, 0.5) is 0 Å². The monoisotopic (exact) mass is 251 g/mol. The maximum Gasteiger partial charge on any atom is 0.129 e. The molecule has 1 aromatic rings. The highest BCUT2D eigenvalue weighted by Gasteiger charge is 2.30. The van der Waals surface area contributed by atoms with Crippen LogP contribution in [-0.2, 0) is 6.54 Å². The topological polar surface area (TPSA) is 19.4 Å². The number of nitrogens with zero attached hydrogens (tertiary/aromatic N) is 3. The summed E-state index contributed by atoms with van der Waals surface area (Å²) >= 11 is 5.78. The van der Waals surface area contributed by atoms with E-state index >= 15 is 0 Å². The summed E-state index contributed by atoms with van der Waals surface area (Å²) in [7, 11) is 0. The lowest BCUT2D eigenvalue weighted by molar-refractivity contribution is 0.121. The first kappa shape index (κ1) is 11.5. The molecule has 0 amide bonds. The Kier molecular flexibility index (Phi) is 3.32. The fourth-order valence-corrected chi connectivity index (χ4v) is 2.60. The zero-order chi connectivity index (χ0) is 11.7. The maximum atomic E-state index is 5.78. The van der Waals surface area contributed by atoms with Crippen molar-refractivity contribution in [3.63, 3.8) is 0 Å². The molecule has 0 unspecified atom stereocenters. The van der Waals surface area contributed by atoms with E-state index in [9.17, 15) is 0 Å². The third-order valence-electron chi connectivity index (χ3n) is 3.66. The molecule has 0 aromatic carbocycles. The Morgan fingerprint density at radius 3 is 2.53 bits per heavy atom. The summed E-state index contributed by atoms with van der Waals surface area (Å²) in [5, 5.41) is 0.576. The molecule has 1 saturated heterocycles. The van der Waals surface area contributed by atoms with Gasteiger partial charge in [-0.2, -0.15) is 0 Å². The van der Waals surface area contributed by atoms with E-state index in [2.05, 4.69) is 20.9 Å². The van der Waals surface area contributed by atoms with Crippen molar-refractivity contribution in [3.8, 4) is 0 Å². The van der Waals surface area contributed by atoms with Crippen molar-refractivity contribution >= 4 is 11.6 Å². The van der Waals surface area contributed by atoms with Crippen LogP contribution in [0, 0.1) is 0 Å². The Morgan fingerprint density at radius 2 is 1.94 bits per heavy atom. The molecule has 1 aliphatic heterocycles. The van der Waals surface area contributed by atoms with Gasteiger partial charge in [0.25, 0.3) is 0 Å². The number of hydrogen-bond donors (Lipinski definition) is 0. The third kappa shape index (κ3) is 2.97. The van der Waals surface area contributed by atoms with Crippen molar-refractivity contribution in [2.75, 3.05) is 26.2 Å². The van der Waals surface area contributed by atoms with Crippen molar-refractivity contribution in [1.29, 1.82) is 0 Å². The largest absolute Gasteiger partial charge is 0.298 e. The summed E-state index contributed by atoms with van der Waals surface area (Å²) in [6, 6.07) is 4.86. The van der Waals surface area contributed by atoms with E-state index in [1.54, 1.807) is 0 Å². The minimum absolute atomic E-state index is 0.576. The van der Waals surface area contributed by atoms with E-state index in [1.165, 1.54) is 44.6 Å². The molecule has 1 aromatic heterocycles. The second kappa shape index (κ2) is 4.92. The van der Waals surface area contributed by atoms with Crippen molar-refractivity contribution in [2.45, 2.75) is 25.4 Å². The average molecular weight is 252 g/mol. The Labute approximate surface area is 107 Å². The van der Waals surface area contributed by atoms with Gasteiger partial charge in [0.2, 0.25) is 0 Å². The molecule has 0 atom stereocenters. The van der Waals surface area contributed by atoms with Gasteiger partial charge >= 0.3 is 0 Å². The Hall–Kier alpha value is -0.640.